The summed E-state index contributed by atoms with van der Waals surface area (Å²) in [5.41, 5.74) is 8.50. The Bertz CT molecular complexity index is 1290. The quantitative estimate of drug-likeness (QED) is 0.258. The molecule has 180 valence electrons. The number of aryl methyl sites for hydroxylation is 2. The molecule has 0 amide bonds. The van der Waals surface area contributed by atoms with Crippen LogP contribution in [0, 0.1) is 6.92 Å². The fourth-order valence-electron chi connectivity index (χ4n) is 4.96. The van der Waals surface area contributed by atoms with Gasteiger partial charge in [-0.3, -0.25) is 0 Å². The van der Waals surface area contributed by atoms with E-state index in [0.29, 0.717) is 5.41 Å². The summed E-state index contributed by atoms with van der Waals surface area (Å²) in [4.78, 5) is 0. The van der Waals surface area contributed by atoms with Crippen molar-refractivity contribution in [1.29, 1.82) is 0 Å². The smallest absolute Gasteiger partial charge is 0.190 e. The molecule has 3 nitrogen and oxygen atoms in total. The van der Waals surface area contributed by atoms with E-state index < -0.39 is 0 Å². The van der Waals surface area contributed by atoms with Gasteiger partial charge < -0.3 is 9.84 Å². The van der Waals surface area contributed by atoms with Crippen LogP contribution < -0.4 is 5.32 Å². The number of halogens is 1. The second-order valence-corrected chi connectivity index (χ2v) is 10.4. The first kappa shape index (κ1) is 23.7. The zero-order valence-corrected chi connectivity index (χ0v) is 21.5. The second-order valence-electron chi connectivity index (χ2n) is 9.97. The van der Waals surface area contributed by atoms with Gasteiger partial charge >= 0.3 is 0 Å². The molecule has 0 spiro atoms. The van der Waals surface area contributed by atoms with Crippen LogP contribution in [0.3, 0.4) is 0 Å². The summed E-state index contributed by atoms with van der Waals surface area (Å²) in [5.74, 6) is 0.789. The summed E-state index contributed by atoms with van der Waals surface area (Å²) in [6.45, 7) is 6.48. The van der Waals surface area contributed by atoms with Gasteiger partial charge in [-0.1, -0.05) is 84.3 Å². The molecule has 35 heavy (non-hydrogen) atoms. The molecular weight excluding hydrogens is 452 g/mol. The first-order chi connectivity index (χ1) is 17.0. The third kappa shape index (κ3) is 5.16. The lowest BCUT2D eigenvalue weighted by Gasteiger charge is -2.16. The highest BCUT2D eigenvalue weighted by Crippen LogP contribution is 2.51. The Hall–Kier alpha value is -3.04. The largest absolute Gasteiger partial charge is 0.378 e. The van der Waals surface area contributed by atoms with E-state index in [1.807, 2.05) is 25.1 Å². The maximum Gasteiger partial charge on any atom is 0.190 e. The molecule has 1 aliphatic rings. The summed E-state index contributed by atoms with van der Waals surface area (Å²) in [7, 11) is 0. The molecule has 1 heterocycles. The topological polar surface area (TPSA) is 38.1 Å². The van der Waals surface area contributed by atoms with E-state index in [2.05, 4.69) is 78.9 Å². The maximum absolute atomic E-state index is 6.13. The van der Waals surface area contributed by atoms with Crippen molar-refractivity contribution in [1.82, 2.24) is 5.16 Å². The van der Waals surface area contributed by atoms with Crippen molar-refractivity contribution >= 4 is 17.3 Å². The van der Waals surface area contributed by atoms with Crippen molar-refractivity contribution in [2.75, 3.05) is 5.32 Å². The highest BCUT2D eigenvalue weighted by atomic mass is 35.5. The number of nitrogens with one attached hydrogen (secondary N) is 1. The van der Waals surface area contributed by atoms with Crippen LogP contribution in [0.5, 0.6) is 0 Å². The minimum atomic E-state index is 0.265. The summed E-state index contributed by atoms with van der Waals surface area (Å²) >= 11 is 6.13. The number of hydrogen-bond donors (Lipinski definition) is 1. The van der Waals surface area contributed by atoms with Gasteiger partial charge in [-0.25, -0.2) is 0 Å². The van der Waals surface area contributed by atoms with Crippen molar-refractivity contribution in [2.45, 2.75) is 64.3 Å². The lowest BCUT2D eigenvalue weighted by Crippen LogP contribution is -2.16. The summed E-state index contributed by atoms with van der Waals surface area (Å²) in [6.07, 6.45) is 5.82. The molecule has 1 aliphatic carbocycles. The third-order valence-electron chi connectivity index (χ3n) is 7.52. The average Bonchev–Trinajstić information content (AvgIpc) is 3.61. The molecule has 1 fully saturated rings. The average molecular weight is 485 g/mol. The normalized spacial score (nSPS) is 15.1. The molecule has 0 bridgehead atoms. The summed E-state index contributed by atoms with van der Waals surface area (Å²) in [5, 5.41) is 8.66. The van der Waals surface area contributed by atoms with E-state index in [4.69, 9.17) is 16.1 Å². The Labute approximate surface area is 213 Å². The molecule has 4 heteroatoms. The number of nitrogens with zero attached hydrogens (tertiary/aromatic N) is 1. The Balaban J connectivity index is 1.27. The number of anilines is 1. The molecule has 1 atom stereocenters. The standard InChI is InChI=1S/C31H33ClN2O/c1-4-31(18-19-31)27-16-14-25(15-17-27)24-10-12-26(13-11-24)30-29(22(3)34-35-30)33-21(2)8-9-23-6-5-7-28(32)20-23/h5-7,10-17,20-21,33H,4,8-9,18-19H2,1-3H3. The predicted octanol–water partition coefficient (Wildman–Crippen LogP) is 8.85. The van der Waals surface area contributed by atoms with Gasteiger partial charge in [-0.05, 0) is 85.8 Å². The number of hydrogen-bond acceptors (Lipinski definition) is 3. The van der Waals surface area contributed by atoms with Crippen LogP contribution in [0.4, 0.5) is 5.69 Å². The number of aromatic nitrogens is 1. The van der Waals surface area contributed by atoms with Gasteiger partial charge in [-0.15, -0.1) is 0 Å². The minimum Gasteiger partial charge on any atom is -0.378 e. The zero-order valence-electron chi connectivity index (χ0n) is 20.8. The van der Waals surface area contributed by atoms with Gasteiger partial charge in [0.05, 0.1) is 0 Å². The van der Waals surface area contributed by atoms with Gasteiger partial charge in [0.15, 0.2) is 5.76 Å². The molecule has 0 saturated heterocycles. The lowest BCUT2D eigenvalue weighted by molar-refractivity contribution is 0.427. The van der Waals surface area contributed by atoms with E-state index in [9.17, 15) is 0 Å². The molecular formula is C31H33ClN2O. The van der Waals surface area contributed by atoms with Crippen molar-refractivity contribution in [3.63, 3.8) is 0 Å². The minimum absolute atomic E-state index is 0.265. The van der Waals surface area contributed by atoms with Crippen LogP contribution >= 0.6 is 11.6 Å². The van der Waals surface area contributed by atoms with Crippen LogP contribution in [-0.2, 0) is 11.8 Å². The van der Waals surface area contributed by atoms with Crippen LogP contribution in [-0.4, -0.2) is 11.2 Å². The molecule has 4 aromatic rings. The van der Waals surface area contributed by atoms with Crippen molar-refractivity contribution in [2.24, 2.45) is 0 Å². The first-order valence-electron chi connectivity index (χ1n) is 12.7. The highest BCUT2D eigenvalue weighted by molar-refractivity contribution is 6.30. The third-order valence-corrected chi connectivity index (χ3v) is 7.75. The van der Waals surface area contributed by atoms with Gasteiger partial charge in [0, 0.05) is 16.6 Å². The van der Waals surface area contributed by atoms with Crippen LogP contribution in [0.15, 0.2) is 77.3 Å². The fourth-order valence-corrected chi connectivity index (χ4v) is 5.17. The molecule has 1 aromatic heterocycles. The monoisotopic (exact) mass is 484 g/mol. The van der Waals surface area contributed by atoms with E-state index in [1.54, 1.807) is 0 Å². The Morgan fingerprint density at radius 2 is 1.63 bits per heavy atom. The van der Waals surface area contributed by atoms with Crippen LogP contribution in [0.1, 0.15) is 56.4 Å². The lowest BCUT2D eigenvalue weighted by atomic mass is 9.91. The molecule has 5 rings (SSSR count). The van der Waals surface area contributed by atoms with Crippen LogP contribution in [0.2, 0.25) is 5.02 Å². The van der Waals surface area contributed by atoms with Gasteiger partial charge in [0.25, 0.3) is 0 Å². The summed E-state index contributed by atoms with van der Waals surface area (Å²) < 4.78 is 5.75. The fraction of sp³-hybridized carbons (Fsp3) is 0.323. The van der Waals surface area contributed by atoms with Gasteiger partial charge in [0.2, 0.25) is 0 Å². The molecule has 1 saturated carbocycles. The molecule has 3 aromatic carbocycles. The predicted molar refractivity (Wildman–Crippen MR) is 146 cm³/mol. The van der Waals surface area contributed by atoms with E-state index in [1.165, 1.54) is 41.5 Å². The SMILES string of the molecule is CCC1(c2ccc(-c3ccc(-c4onc(C)c4NC(C)CCc4cccc(Cl)c4)cc3)cc2)CC1. The van der Waals surface area contributed by atoms with Crippen molar-refractivity contribution in [3.8, 4) is 22.5 Å². The first-order valence-corrected chi connectivity index (χ1v) is 13.0. The Kier molecular flexibility index (Phi) is 6.71. The second kappa shape index (κ2) is 9.91. The molecule has 0 radical (unpaired) electrons. The molecule has 1 unspecified atom stereocenters. The Morgan fingerprint density at radius 1 is 0.971 bits per heavy atom. The van der Waals surface area contributed by atoms with E-state index in [-0.39, 0.29) is 6.04 Å². The number of benzene rings is 3. The molecule has 0 aliphatic heterocycles. The van der Waals surface area contributed by atoms with E-state index in [0.717, 1.165) is 40.6 Å². The van der Waals surface area contributed by atoms with Gasteiger partial charge in [-0.2, -0.15) is 0 Å². The summed E-state index contributed by atoms with van der Waals surface area (Å²) in [6, 6.07) is 26.1. The van der Waals surface area contributed by atoms with Gasteiger partial charge in [0.1, 0.15) is 11.4 Å². The maximum atomic E-state index is 6.13. The van der Waals surface area contributed by atoms with Crippen LogP contribution in [0.25, 0.3) is 22.5 Å². The Morgan fingerprint density at radius 3 is 2.26 bits per heavy atom. The molecule has 1 N–H and O–H groups in total. The van der Waals surface area contributed by atoms with Crippen molar-refractivity contribution in [3.05, 3.63) is 94.6 Å². The van der Waals surface area contributed by atoms with E-state index >= 15 is 0 Å². The van der Waals surface area contributed by atoms with Crippen molar-refractivity contribution < 1.29 is 4.52 Å². The zero-order chi connectivity index (χ0) is 24.4. The number of rotatable bonds is 9. The highest BCUT2D eigenvalue weighted by Gasteiger charge is 2.41.